The molecule has 5 rings (SSSR count). The molecular formula is C27H23F2N3O. The SMILES string of the molecule is O=C(NCCc1ccccc1)N1Cc2ccccc2-n2cccc2[C@H]1c1cc(F)cc(F)c1. The average Bonchev–Trinajstić information content (AvgIpc) is 3.23. The summed E-state index contributed by atoms with van der Waals surface area (Å²) in [6, 6.07) is 24.0. The van der Waals surface area contributed by atoms with Gasteiger partial charge in [-0.05, 0) is 53.4 Å². The maximum atomic E-state index is 14.2. The van der Waals surface area contributed by atoms with Gasteiger partial charge in [0.15, 0.2) is 0 Å². The van der Waals surface area contributed by atoms with Crippen LogP contribution in [0.5, 0.6) is 0 Å². The van der Waals surface area contributed by atoms with E-state index in [4.69, 9.17) is 0 Å². The molecule has 2 amide bonds. The minimum absolute atomic E-state index is 0.287. The number of para-hydroxylation sites is 1. The van der Waals surface area contributed by atoms with Crippen LogP contribution in [0.3, 0.4) is 0 Å². The van der Waals surface area contributed by atoms with E-state index in [1.807, 2.05) is 77.5 Å². The van der Waals surface area contributed by atoms with Gasteiger partial charge in [0.25, 0.3) is 0 Å². The van der Waals surface area contributed by atoms with Gasteiger partial charge in [0.1, 0.15) is 11.6 Å². The highest BCUT2D eigenvalue weighted by Crippen LogP contribution is 2.37. The number of nitrogens with zero attached hydrogens (tertiary/aromatic N) is 2. The van der Waals surface area contributed by atoms with Crippen LogP contribution in [0.25, 0.3) is 5.69 Å². The Morgan fingerprint density at radius 3 is 2.42 bits per heavy atom. The molecule has 0 spiro atoms. The molecule has 1 N–H and O–H groups in total. The van der Waals surface area contributed by atoms with Crippen LogP contribution in [0.4, 0.5) is 13.6 Å². The van der Waals surface area contributed by atoms with E-state index < -0.39 is 17.7 Å². The van der Waals surface area contributed by atoms with Gasteiger partial charge < -0.3 is 14.8 Å². The second-order valence-electron chi connectivity index (χ2n) is 8.13. The standard InChI is InChI=1S/C27H23F2N3O/c28-22-15-21(16-23(29)17-22)26-25-11-6-14-31(25)24-10-5-4-9-20(24)18-32(26)27(33)30-13-12-19-7-2-1-3-8-19/h1-11,14-17,26H,12-13,18H2,(H,30,33)/t26-/m1/s1. The summed E-state index contributed by atoms with van der Waals surface area (Å²) in [5, 5.41) is 3.00. The number of rotatable bonds is 4. The smallest absolute Gasteiger partial charge is 0.318 e. The first-order valence-electron chi connectivity index (χ1n) is 10.9. The Labute approximate surface area is 191 Å². The second-order valence-corrected chi connectivity index (χ2v) is 8.13. The van der Waals surface area contributed by atoms with E-state index in [9.17, 15) is 13.6 Å². The van der Waals surface area contributed by atoms with Gasteiger partial charge in [-0.3, -0.25) is 0 Å². The van der Waals surface area contributed by atoms with Gasteiger partial charge in [-0.25, -0.2) is 13.6 Å². The van der Waals surface area contributed by atoms with Crippen LogP contribution in [0, 0.1) is 11.6 Å². The lowest BCUT2D eigenvalue weighted by Gasteiger charge is -2.31. The summed E-state index contributed by atoms with van der Waals surface area (Å²) in [4.78, 5) is 15.1. The molecule has 0 saturated heterocycles. The van der Waals surface area contributed by atoms with Gasteiger partial charge in [-0.15, -0.1) is 0 Å². The van der Waals surface area contributed by atoms with Crippen molar-refractivity contribution in [2.45, 2.75) is 19.0 Å². The quantitative estimate of drug-likeness (QED) is 0.437. The molecule has 6 heteroatoms. The molecule has 33 heavy (non-hydrogen) atoms. The van der Waals surface area contributed by atoms with E-state index >= 15 is 0 Å². The van der Waals surface area contributed by atoms with Gasteiger partial charge in [0, 0.05) is 24.5 Å². The van der Waals surface area contributed by atoms with Gasteiger partial charge in [0.05, 0.1) is 18.3 Å². The normalized spacial score (nSPS) is 14.8. The molecule has 0 aliphatic carbocycles. The van der Waals surface area contributed by atoms with Crippen molar-refractivity contribution in [3.63, 3.8) is 0 Å². The average molecular weight is 443 g/mol. The third kappa shape index (κ3) is 4.24. The van der Waals surface area contributed by atoms with Crippen molar-refractivity contribution in [1.82, 2.24) is 14.8 Å². The molecule has 0 radical (unpaired) electrons. The van der Waals surface area contributed by atoms with E-state index in [0.29, 0.717) is 25.1 Å². The number of carbonyl (C=O) groups excluding carboxylic acids is 1. The zero-order valence-corrected chi connectivity index (χ0v) is 17.9. The lowest BCUT2D eigenvalue weighted by Crippen LogP contribution is -2.42. The van der Waals surface area contributed by atoms with Crippen LogP contribution in [0.15, 0.2) is 91.1 Å². The van der Waals surface area contributed by atoms with E-state index in [2.05, 4.69) is 5.32 Å². The summed E-state index contributed by atoms with van der Waals surface area (Å²) in [6.45, 7) is 0.754. The van der Waals surface area contributed by atoms with Gasteiger partial charge >= 0.3 is 6.03 Å². The fourth-order valence-electron chi connectivity index (χ4n) is 4.48. The summed E-state index contributed by atoms with van der Waals surface area (Å²) < 4.78 is 30.4. The van der Waals surface area contributed by atoms with Crippen molar-refractivity contribution in [3.8, 4) is 5.69 Å². The summed E-state index contributed by atoms with van der Waals surface area (Å²) in [6.07, 6.45) is 2.60. The van der Waals surface area contributed by atoms with Crippen molar-refractivity contribution in [2.24, 2.45) is 0 Å². The first kappa shape index (κ1) is 20.9. The molecule has 166 valence electrons. The number of hydrogen-bond donors (Lipinski definition) is 1. The predicted octanol–water partition coefficient (Wildman–Crippen LogP) is 5.61. The van der Waals surface area contributed by atoms with Crippen LogP contribution in [0.1, 0.15) is 28.4 Å². The zero-order chi connectivity index (χ0) is 22.8. The predicted molar refractivity (Wildman–Crippen MR) is 123 cm³/mol. The van der Waals surface area contributed by atoms with Crippen molar-refractivity contribution in [1.29, 1.82) is 0 Å². The number of nitrogens with one attached hydrogen (secondary N) is 1. The number of aromatic nitrogens is 1. The second kappa shape index (κ2) is 8.90. The molecule has 3 aromatic carbocycles. The van der Waals surface area contributed by atoms with E-state index in [0.717, 1.165) is 28.6 Å². The third-order valence-electron chi connectivity index (χ3n) is 5.96. The first-order chi connectivity index (χ1) is 16.1. The van der Waals surface area contributed by atoms with E-state index in [1.165, 1.54) is 12.1 Å². The number of carbonyl (C=O) groups is 1. The Bertz CT molecular complexity index is 1270. The van der Waals surface area contributed by atoms with Crippen LogP contribution in [-0.2, 0) is 13.0 Å². The van der Waals surface area contributed by atoms with Crippen LogP contribution in [-0.4, -0.2) is 22.0 Å². The number of fused-ring (bicyclic) bond motifs is 3. The van der Waals surface area contributed by atoms with Crippen molar-refractivity contribution in [2.75, 3.05) is 6.54 Å². The summed E-state index contributed by atoms with van der Waals surface area (Å²) in [5.41, 5.74) is 4.17. The fraction of sp³-hybridized carbons (Fsp3) is 0.148. The number of amides is 2. The zero-order valence-electron chi connectivity index (χ0n) is 17.9. The van der Waals surface area contributed by atoms with E-state index in [-0.39, 0.29) is 6.03 Å². The van der Waals surface area contributed by atoms with Crippen LogP contribution < -0.4 is 5.32 Å². The topological polar surface area (TPSA) is 37.3 Å². The lowest BCUT2D eigenvalue weighted by atomic mass is 10.0. The fourth-order valence-corrected chi connectivity index (χ4v) is 4.48. The molecule has 1 aliphatic rings. The Balaban J connectivity index is 1.52. The lowest BCUT2D eigenvalue weighted by molar-refractivity contribution is 0.180. The minimum atomic E-state index is -0.672. The highest BCUT2D eigenvalue weighted by Gasteiger charge is 2.33. The Kier molecular flexibility index (Phi) is 5.65. The highest BCUT2D eigenvalue weighted by atomic mass is 19.1. The molecule has 1 aromatic heterocycles. The van der Waals surface area contributed by atoms with Crippen LogP contribution in [0.2, 0.25) is 0 Å². The Hall–Kier alpha value is -3.93. The molecule has 4 aromatic rings. The molecule has 0 fully saturated rings. The molecule has 0 bridgehead atoms. The summed E-state index contributed by atoms with van der Waals surface area (Å²) >= 11 is 0. The molecule has 0 saturated carbocycles. The largest absolute Gasteiger partial charge is 0.338 e. The molecule has 4 nitrogen and oxygen atoms in total. The summed E-state index contributed by atoms with van der Waals surface area (Å²) in [5.74, 6) is -1.34. The first-order valence-corrected chi connectivity index (χ1v) is 10.9. The maximum absolute atomic E-state index is 14.2. The monoisotopic (exact) mass is 443 g/mol. The molecule has 2 heterocycles. The van der Waals surface area contributed by atoms with Gasteiger partial charge in [0.2, 0.25) is 0 Å². The Morgan fingerprint density at radius 1 is 0.909 bits per heavy atom. The molecular weight excluding hydrogens is 420 g/mol. The molecule has 1 aliphatic heterocycles. The van der Waals surface area contributed by atoms with Gasteiger partial charge in [-0.1, -0.05) is 48.5 Å². The minimum Gasteiger partial charge on any atom is -0.338 e. The van der Waals surface area contributed by atoms with Crippen LogP contribution >= 0.6 is 0 Å². The number of halogens is 2. The van der Waals surface area contributed by atoms with Crippen molar-refractivity contribution < 1.29 is 13.6 Å². The van der Waals surface area contributed by atoms with E-state index in [1.54, 1.807) is 4.90 Å². The maximum Gasteiger partial charge on any atom is 0.318 e. The third-order valence-corrected chi connectivity index (χ3v) is 5.96. The molecule has 0 unspecified atom stereocenters. The van der Waals surface area contributed by atoms with Gasteiger partial charge in [-0.2, -0.15) is 0 Å². The van der Waals surface area contributed by atoms with Crippen molar-refractivity contribution in [3.05, 3.63) is 125 Å². The highest BCUT2D eigenvalue weighted by molar-refractivity contribution is 5.76. The number of benzene rings is 3. The van der Waals surface area contributed by atoms with Crippen molar-refractivity contribution >= 4 is 6.03 Å². The molecule has 1 atom stereocenters. The number of hydrogen-bond acceptors (Lipinski definition) is 1. The Morgan fingerprint density at radius 2 is 1.64 bits per heavy atom. The summed E-state index contributed by atoms with van der Waals surface area (Å²) in [7, 11) is 0. The number of urea groups is 1.